The summed E-state index contributed by atoms with van der Waals surface area (Å²) in [4.78, 5) is 16.9. The van der Waals surface area contributed by atoms with Gasteiger partial charge < -0.3 is 4.74 Å². The first kappa shape index (κ1) is 20.4. The third-order valence-corrected chi connectivity index (χ3v) is 5.54. The van der Waals surface area contributed by atoms with E-state index in [4.69, 9.17) is 4.74 Å². The Hall–Kier alpha value is -1.90. The molecule has 0 radical (unpaired) electrons. The Morgan fingerprint density at radius 3 is 2.54 bits per heavy atom. The van der Waals surface area contributed by atoms with Crippen LogP contribution in [0.25, 0.3) is 0 Å². The molecule has 0 aromatic heterocycles. The molecule has 0 saturated carbocycles. The van der Waals surface area contributed by atoms with E-state index in [0.29, 0.717) is 24.5 Å². The summed E-state index contributed by atoms with van der Waals surface area (Å²) in [6.07, 6.45) is 0.959. The average Bonchev–Trinajstić information content (AvgIpc) is 2.64. The summed E-state index contributed by atoms with van der Waals surface area (Å²) in [5.41, 5.74) is 3.60. The fraction of sp³-hybridized carbons (Fsp3) is 0.476. The number of hydrogen-bond acceptors (Lipinski definition) is 5. The lowest BCUT2D eigenvalue weighted by Crippen LogP contribution is -2.28. The molecule has 5 heteroatoms. The number of Topliss-reactive ketones (excluding diaryl/α,β-unsaturated/α-hetero) is 1. The van der Waals surface area contributed by atoms with Crippen LogP contribution >= 0.6 is 11.8 Å². The second-order valence-electron chi connectivity index (χ2n) is 6.23. The second kappa shape index (κ2) is 9.70. The number of carbonyl (C=O) groups is 1. The molecule has 1 aliphatic rings. The van der Waals surface area contributed by atoms with Gasteiger partial charge in [-0.15, -0.1) is 11.8 Å². The maximum atomic E-state index is 12.3. The number of hydrogen-bond donors (Lipinski definition) is 0. The Kier molecular flexibility index (Phi) is 7.62. The van der Waals surface area contributed by atoms with Gasteiger partial charge in [-0.2, -0.15) is 5.26 Å². The van der Waals surface area contributed by atoms with Crippen molar-refractivity contribution in [2.24, 2.45) is 10.9 Å². The molecular weight excluding hydrogens is 344 g/mol. The largest absolute Gasteiger partial charge is 0.381 e. The van der Waals surface area contributed by atoms with Gasteiger partial charge in [0, 0.05) is 29.5 Å². The summed E-state index contributed by atoms with van der Waals surface area (Å²) in [5, 5.41) is 10.7. The van der Waals surface area contributed by atoms with Crippen molar-refractivity contribution in [3.63, 3.8) is 0 Å². The predicted octanol–water partition coefficient (Wildman–Crippen LogP) is 4.52. The Morgan fingerprint density at radius 2 is 2.00 bits per heavy atom. The first-order valence-corrected chi connectivity index (χ1v) is 10.0. The molecule has 0 aliphatic carbocycles. The highest BCUT2D eigenvalue weighted by Crippen LogP contribution is 2.41. The molecule has 1 aromatic carbocycles. The lowest BCUT2D eigenvalue weighted by Gasteiger charge is -2.30. The van der Waals surface area contributed by atoms with Gasteiger partial charge in [0.2, 0.25) is 0 Å². The third kappa shape index (κ3) is 4.63. The quantitative estimate of drug-likeness (QED) is 0.662. The Morgan fingerprint density at radius 1 is 1.31 bits per heavy atom. The van der Waals surface area contributed by atoms with E-state index in [1.807, 2.05) is 26.0 Å². The molecule has 138 valence electrons. The van der Waals surface area contributed by atoms with Crippen LogP contribution in [0, 0.1) is 17.2 Å². The molecule has 2 atom stereocenters. The first-order chi connectivity index (χ1) is 12.5. The zero-order valence-electron chi connectivity index (χ0n) is 15.9. The molecule has 26 heavy (non-hydrogen) atoms. The number of ether oxygens (including phenoxy) is 1. The van der Waals surface area contributed by atoms with E-state index in [2.05, 4.69) is 30.1 Å². The van der Waals surface area contributed by atoms with Crippen molar-refractivity contribution in [2.45, 2.75) is 40.0 Å². The number of nitrogens with zero attached hydrogens (tertiary/aromatic N) is 2. The molecule has 0 amide bonds. The number of aryl methyl sites for hydroxylation is 1. The first-order valence-electron chi connectivity index (χ1n) is 9.02. The van der Waals surface area contributed by atoms with Crippen LogP contribution < -0.4 is 0 Å². The fourth-order valence-electron chi connectivity index (χ4n) is 3.22. The Labute approximate surface area is 160 Å². The summed E-state index contributed by atoms with van der Waals surface area (Å²) < 4.78 is 5.39. The van der Waals surface area contributed by atoms with Crippen molar-refractivity contribution >= 4 is 22.6 Å². The zero-order valence-corrected chi connectivity index (χ0v) is 16.7. The molecule has 2 rings (SSSR count). The van der Waals surface area contributed by atoms with E-state index >= 15 is 0 Å². The molecule has 1 heterocycles. The van der Waals surface area contributed by atoms with Gasteiger partial charge in [0.25, 0.3) is 0 Å². The minimum Gasteiger partial charge on any atom is -0.381 e. The molecule has 1 aliphatic heterocycles. The van der Waals surface area contributed by atoms with Gasteiger partial charge in [-0.3, -0.25) is 4.79 Å². The number of nitriles is 1. The van der Waals surface area contributed by atoms with Crippen molar-refractivity contribution in [3.05, 3.63) is 46.7 Å². The van der Waals surface area contributed by atoms with Crippen LogP contribution in [0.3, 0.4) is 0 Å². The van der Waals surface area contributed by atoms with Crippen molar-refractivity contribution in [2.75, 3.05) is 19.0 Å². The van der Waals surface area contributed by atoms with Crippen LogP contribution in [0.2, 0.25) is 0 Å². The lowest BCUT2D eigenvalue weighted by atomic mass is 9.77. The normalized spacial score (nSPS) is 19.9. The van der Waals surface area contributed by atoms with Crippen LogP contribution in [0.5, 0.6) is 0 Å². The molecular formula is C21H26N2O2S. The number of aliphatic imine (C=N–C) groups is 1. The summed E-state index contributed by atoms with van der Waals surface area (Å²) in [6, 6.07) is 10.6. The van der Waals surface area contributed by atoms with Crippen LogP contribution in [0.1, 0.15) is 44.7 Å². The van der Waals surface area contributed by atoms with Crippen molar-refractivity contribution in [3.8, 4) is 6.07 Å². The third-order valence-electron chi connectivity index (χ3n) is 4.53. The molecule has 0 bridgehead atoms. The standard InChI is InChI=1S/C21H26N2O2S/c1-5-16-7-9-17(10-8-16)20-18(13-22)21(26-12-11-25-6-2)23-14(3)19(20)15(4)24/h7-10,18,20H,5-6,11-12H2,1-4H3/t18?,20-/m1/s1. The van der Waals surface area contributed by atoms with Crippen molar-refractivity contribution in [1.29, 1.82) is 5.26 Å². The van der Waals surface area contributed by atoms with Gasteiger partial charge in [0.1, 0.15) is 5.92 Å². The molecule has 0 fully saturated rings. The van der Waals surface area contributed by atoms with E-state index < -0.39 is 5.92 Å². The molecule has 0 spiro atoms. The highest BCUT2D eigenvalue weighted by Gasteiger charge is 2.37. The number of rotatable bonds is 7. The number of allylic oxidation sites excluding steroid dienone is 2. The summed E-state index contributed by atoms with van der Waals surface area (Å²) in [7, 11) is 0. The van der Waals surface area contributed by atoms with Gasteiger partial charge >= 0.3 is 0 Å². The Balaban J connectivity index is 2.40. The molecule has 0 N–H and O–H groups in total. The van der Waals surface area contributed by atoms with E-state index in [1.54, 1.807) is 18.7 Å². The molecule has 4 nitrogen and oxygen atoms in total. The highest BCUT2D eigenvalue weighted by atomic mass is 32.2. The van der Waals surface area contributed by atoms with Gasteiger partial charge in [-0.1, -0.05) is 31.2 Å². The summed E-state index contributed by atoms with van der Waals surface area (Å²) >= 11 is 1.55. The second-order valence-corrected chi connectivity index (χ2v) is 7.35. The van der Waals surface area contributed by atoms with E-state index in [-0.39, 0.29) is 11.7 Å². The summed E-state index contributed by atoms with van der Waals surface area (Å²) in [5.74, 6) is 0.0105. The van der Waals surface area contributed by atoms with Crippen LogP contribution in [-0.4, -0.2) is 29.8 Å². The van der Waals surface area contributed by atoms with E-state index in [0.717, 1.165) is 22.8 Å². The molecule has 1 aromatic rings. The molecule has 0 saturated heterocycles. The van der Waals surface area contributed by atoms with Crippen LogP contribution in [0.15, 0.2) is 40.5 Å². The van der Waals surface area contributed by atoms with Crippen molar-refractivity contribution < 1.29 is 9.53 Å². The number of benzene rings is 1. The zero-order chi connectivity index (χ0) is 19.1. The minimum absolute atomic E-state index is 0.0190. The van der Waals surface area contributed by atoms with E-state index in [9.17, 15) is 10.1 Å². The topological polar surface area (TPSA) is 62.4 Å². The number of thioether (sulfide) groups is 1. The van der Waals surface area contributed by atoms with Gasteiger partial charge in [0.15, 0.2) is 5.78 Å². The maximum Gasteiger partial charge on any atom is 0.158 e. The summed E-state index contributed by atoms with van der Waals surface area (Å²) in [6.45, 7) is 8.79. The fourth-order valence-corrected chi connectivity index (χ4v) is 4.20. The smallest absolute Gasteiger partial charge is 0.158 e. The SMILES string of the molecule is CCOCCSC1=NC(C)=C(C(C)=O)[C@H](c2ccc(CC)cc2)C1C#N. The predicted molar refractivity (Wildman–Crippen MR) is 107 cm³/mol. The van der Waals surface area contributed by atoms with Gasteiger partial charge in [-0.25, -0.2) is 4.99 Å². The lowest BCUT2D eigenvalue weighted by molar-refractivity contribution is -0.114. The van der Waals surface area contributed by atoms with Crippen molar-refractivity contribution in [1.82, 2.24) is 0 Å². The van der Waals surface area contributed by atoms with Gasteiger partial charge in [-0.05, 0) is 38.3 Å². The Bertz CT molecular complexity index is 744. The van der Waals surface area contributed by atoms with Crippen LogP contribution in [0.4, 0.5) is 0 Å². The van der Waals surface area contributed by atoms with Crippen LogP contribution in [-0.2, 0) is 16.0 Å². The number of carbonyl (C=O) groups excluding carboxylic acids is 1. The molecule has 1 unspecified atom stereocenters. The van der Waals surface area contributed by atoms with Gasteiger partial charge in [0.05, 0.1) is 17.7 Å². The minimum atomic E-state index is -0.447. The monoisotopic (exact) mass is 370 g/mol. The highest BCUT2D eigenvalue weighted by molar-refractivity contribution is 8.14. The maximum absolute atomic E-state index is 12.3. The number of ketones is 1. The van der Waals surface area contributed by atoms with E-state index in [1.165, 1.54) is 5.56 Å². The average molecular weight is 371 g/mol.